The topological polar surface area (TPSA) is 149 Å². The fraction of sp³-hybridized carbons (Fsp3) is 0.222. The number of imidazole rings is 1. The number of rotatable bonds is 12. The molecule has 4 heterocycles. The van der Waals surface area contributed by atoms with Gasteiger partial charge in [0, 0.05) is 17.8 Å². The lowest BCUT2D eigenvalue weighted by atomic mass is 9.65. The molecule has 0 aliphatic carbocycles. The minimum absolute atomic E-state index is 0.00860. The largest absolute Gasteiger partial charge is 0.491 e. The maximum absolute atomic E-state index is 15.6. The maximum atomic E-state index is 15.6. The van der Waals surface area contributed by atoms with Gasteiger partial charge in [0.15, 0.2) is 0 Å². The molecular formula is C54H48N6O6. The van der Waals surface area contributed by atoms with Crippen molar-refractivity contribution in [1.29, 1.82) is 0 Å². The summed E-state index contributed by atoms with van der Waals surface area (Å²) in [5.41, 5.74) is 5.04. The number of aliphatic hydroxyl groups excluding tert-OH is 1. The van der Waals surface area contributed by atoms with Gasteiger partial charge >= 0.3 is 5.97 Å². The van der Waals surface area contributed by atoms with Crippen LogP contribution in [0.25, 0.3) is 11.0 Å². The number of hydrogen-bond donors (Lipinski definition) is 4. The summed E-state index contributed by atoms with van der Waals surface area (Å²) in [5, 5.41) is 15.8. The number of carbonyl (C=O) groups excluding carboxylic acids is 3. The SMILES string of the molecule is CN(CC#Cc1ccc2c(c1)[C@]1(C(=O)N2)[C@H](c2ccc(OCCO)cc2)N2[C@H](c3ccccc3)[C@H](c3ccccc3)OC(=O)[C@H]2[C@@H]1C(=O)NCc1nc2ccccc2[nH]1)Cc1ccccc1. The number of ether oxygens (including phenoxy) is 2. The Hall–Kier alpha value is -7.56. The van der Waals surface area contributed by atoms with Crippen LogP contribution < -0.4 is 15.4 Å². The van der Waals surface area contributed by atoms with E-state index < -0.39 is 53.3 Å². The lowest BCUT2D eigenvalue weighted by molar-refractivity contribution is -0.178. The lowest BCUT2D eigenvalue weighted by Gasteiger charge is -2.46. The number of aliphatic hydroxyl groups is 1. The van der Waals surface area contributed by atoms with E-state index in [1.54, 1.807) is 12.1 Å². The number of amides is 2. The number of aromatic nitrogens is 2. The third-order valence-corrected chi connectivity index (χ3v) is 12.9. The number of nitrogens with one attached hydrogen (secondary N) is 3. The molecule has 6 aromatic carbocycles. The summed E-state index contributed by atoms with van der Waals surface area (Å²) >= 11 is 0. The maximum Gasteiger partial charge on any atom is 0.324 e. The van der Waals surface area contributed by atoms with E-state index in [1.165, 1.54) is 5.56 Å². The molecule has 3 aliphatic rings. The number of para-hydroxylation sites is 2. The number of H-pyrrole nitrogens is 1. The van der Waals surface area contributed by atoms with Gasteiger partial charge in [0.1, 0.15) is 35.7 Å². The summed E-state index contributed by atoms with van der Waals surface area (Å²) in [5.74, 6) is 4.84. The third-order valence-electron chi connectivity index (χ3n) is 12.9. The number of fused-ring (bicyclic) bond motifs is 4. The first-order chi connectivity index (χ1) is 32.3. The second-order valence-corrected chi connectivity index (χ2v) is 17.0. The molecule has 12 nitrogen and oxygen atoms in total. The van der Waals surface area contributed by atoms with Crippen LogP contribution in [0, 0.1) is 17.8 Å². The number of cyclic esters (lactones) is 1. The molecule has 2 saturated heterocycles. The van der Waals surface area contributed by atoms with Gasteiger partial charge in [-0.25, -0.2) is 4.98 Å². The van der Waals surface area contributed by atoms with Crippen LogP contribution >= 0.6 is 0 Å². The van der Waals surface area contributed by atoms with Gasteiger partial charge in [0.2, 0.25) is 11.8 Å². The summed E-state index contributed by atoms with van der Waals surface area (Å²) in [6.45, 7) is 1.14. The van der Waals surface area contributed by atoms with E-state index in [-0.39, 0.29) is 19.8 Å². The summed E-state index contributed by atoms with van der Waals surface area (Å²) < 4.78 is 12.4. The molecule has 6 atom stereocenters. The highest BCUT2D eigenvalue weighted by Crippen LogP contribution is 2.64. The van der Waals surface area contributed by atoms with Crippen LogP contribution in [-0.2, 0) is 37.6 Å². The molecule has 0 bridgehead atoms. The van der Waals surface area contributed by atoms with Crippen molar-refractivity contribution in [3.63, 3.8) is 0 Å². The normalized spacial score (nSPS) is 22.0. The number of aromatic amines is 1. The number of hydrogen-bond acceptors (Lipinski definition) is 9. The first-order valence-corrected chi connectivity index (χ1v) is 22.1. The van der Waals surface area contributed by atoms with Crippen molar-refractivity contribution in [2.24, 2.45) is 5.92 Å². The predicted octanol–water partition coefficient (Wildman–Crippen LogP) is 7.00. The number of esters is 1. The fourth-order valence-corrected chi connectivity index (χ4v) is 10.2. The van der Waals surface area contributed by atoms with Crippen molar-refractivity contribution < 1.29 is 29.0 Å². The van der Waals surface area contributed by atoms with E-state index >= 15 is 14.4 Å². The number of carbonyl (C=O) groups is 3. The van der Waals surface area contributed by atoms with Crippen molar-refractivity contribution in [3.8, 4) is 17.6 Å². The van der Waals surface area contributed by atoms with E-state index in [0.717, 1.165) is 28.7 Å². The Morgan fingerprint density at radius 2 is 1.55 bits per heavy atom. The van der Waals surface area contributed by atoms with Crippen molar-refractivity contribution in [2.45, 2.75) is 42.7 Å². The van der Waals surface area contributed by atoms with E-state index in [1.807, 2.05) is 141 Å². The Balaban J connectivity index is 1.15. The van der Waals surface area contributed by atoms with Crippen molar-refractivity contribution >= 4 is 34.5 Å². The molecule has 10 rings (SSSR count). The van der Waals surface area contributed by atoms with E-state index in [4.69, 9.17) is 14.5 Å². The van der Waals surface area contributed by atoms with Gasteiger partial charge in [0.05, 0.1) is 48.7 Å². The summed E-state index contributed by atoms with van der Waals surface area (Å²) in [4.78, 5) is 58.5. The molecule has 0 radical (unpaired) electrons. The monoisotopic (exact) mass is 876 g/mol. The molecule has 12 heteroatoms. The van der Waals surface area contributed by atoms with E-state index in [9.17, 15) is 5.11 Å². The molecule has 2 amide bonds. The smallest absolute Gasteiger partial charge is 0.324 e. The third kappa shape index (κ3) is 7.77. The molecule has 330 valence electrons. The second kappa shape index (κ2) is 18.1. The lowest BCUT2D eigenvalue weighted by Crippen LogP contribution is -2.54. The van der Waals surface area contributed by atoms with Gasteiger partial charge in [0.25, 0.3) is 0 Å². The van der Waals surface area contributed by atoms with Gasteiger partial charge in [-0.2, -0.15) is 0 Å². The molecule has 4 N–H and O–H groups in total. The van der Waals surface area contributed by atoms with E-state index in [0.29, 0.717) is 40.5 Å². The minimum Gasteiger partial charge on any atom is -0.491 e. The standard InChI is InChI=1S/C54H48N6O6/c1-59(34-36-14-5-2-6-15-36)29-13-16-35-23-28-42-41(32-35)54(53(64)58-42)46(51(62)55-33-45-56-43-21-11-12-22-44(43)57-45)48-52(63)66-49(38-19-9-4-10-20-38)47(37-17-7-3-8-18-37)60(48)50(54)39-24-26-40(27-25-39)65-31-30-61/h2-12,14-15,17-28,32,46-50,61H,29-31,33-34H2,1H3,(H,55,62)(H,56,57)(H,58,64)/t46-,47-,48-,49+,50+,54-/m1/s1. The Morgan fingerprint density at radius 3 is 2.27 bits per heavy atom. The Labute approximate surface area is 382 Å². The van der Waals surface area contributed by atoms with Crippen LogP contribution in [0.4, 0.5) is 5.69 Å². The molecule has 0 unspecified atom stereocenters. The Morgan fingerprint density at radius 1 is 0.848 bits per heavy atom. The number of morpholine rings is 1. The first-order valence-electron chi connectivity index (χ1n) is 22.1. The number of anilines is 1. The van der Waals surface area contributed by atoms with Gasteiger partial charge in [-0.15, -0.1) is 0 Å². The van der Waals surface area contributed by atoms with Crippen molar-refractivity contribution in [1.82, 2.24) is 25.1 Å². The summed E-state index contributed by atoms with van der Waals surface area (Å²) in [6.07, 6.45) is -0.810. The zero-order valence-corrected chi connectivity index (χ0v) is 36.3. The highest BCUT2D eigenvalue weighted by Gasteiger charge is 2.74. The van der Waals surface area contributed by atoms with Crippen LogP contribution in [0.15, 0.2) is 158 Å². The van der Waals surface area contributed by atoms with Crippen molar-refractivity contribution in [2.75, 3.05) is 32.1 Å². The summed E-state index contributed by atoms with van der Waals surface area (Å²) in [7, 11) is 2.01. The first kappa shape index (κ1) is 42.4. The molecule has 7 aromatic rings. The van der Waals surface area contributed by atoms with E-state index in [2.05, 4.69) is 49.4 Å². The molecular weight excluding hydrogens is 829 g/mol. The Kier molecular flexibility index (Phi) is 11.7. The average molecular weight is 877 g/mol. The molecule has 3 aliphatic heterocycles. The van der Waals surface area contributed by atoms with Gasteiger partial charge < -0.3 is 30.2 Å². The molecule has 1 spiro atoms. The van der Waals surface area contributed by atoms with Gasteiger partial charge in [-0.1, -0.05) is 127 Å². The predicted molar refractivity (Wildman–Crippen MR) is 250 cm³/mol. The quantitative estimate of drug-likeness (QED) is 0.0752. The minimum atomic E-state index is -1.70. The highest BCUT2D eigenvalue weighted by molar-refractivity contribution is 6.12. The molecule has 1 aromatic heterocycles. The zero-order valence-electron chi connectivity index (χ0n) is 36.3. The van der Waals surface area contributed by atoms with Crippen LogP contribution in [0.3, 0.4) is 0 Å². The zero-order chi connectivity index (χ0) is 45.2. The van der Waals surface area contributed by atoms with Crippen LogP contribution in [0.2, 0.25) is 0 Å². The highest BCUT2D eigenvalue weighted by atomic mass is 16.6. The Bertz CT molecular complexity index is 2920. The van der Waals surface area contributed by atoms with Gasteiger partial charge in [-0.05, 0) is 77.3 Å². The average Bonchev–Trinajstić information content (AvgIpc) is 4.01. The van der Waals surface area contributed by atoms with Crippen LogP contribution in [0.1, 0.15) is 57.4 Å². The van der Waals surface area contributed by atoms with Crippen LogP contribution in [0.5, 0.6) is 5.75 Å². The summed E-state index contributed by atoms with van der Waals surface area (Å²) in [6, 6.07) is 47.3. The van der Waals surface area contributed by atoms with Crippen LogP contribution in [-0.4, -0.2) is 75.5 Å². The molecule has 0 saturated carbocycles. The molecule has 2 fully saturated rings. The number of benzene rings is 6. The van der Waals surface area contributed by atoms with Gasteiger partial charge in [-0.3, -0.25) is 24.2 Å². The fourth-order valence-electron chi connectivity index (χ4n) is 10.2. The number of nitrogens with zero attached hydrogens (tertiary/aromatic N) is 3. The van der Waals surface area contributed by atoms with Crippen molar-refractivity contribution in [3.05, 3.63) is 197 Å². The molecule has 66 heavy (non-hydrogen) atoms. The second-order valence-electron chi connectivity index (χ2n) is 17.0.